The number of nitrogen functional groups attached to an aromatic ring is 1. The number of rotatable bonds is 5. The molecule has 0 unspecified atom stereocenters. The molecule has 7 heteroatoms. The van der Waals surface area contributed by atoms with Crippen LogP contribution in [0.15, 0.2) is 48.5 Å². The van der Waals surface area contributed by atoms with Gasteiger partial charge in [0, 0.05) is 18.7 Å². The van der Waals surface area contributed by atoms with Gasteiger partial charge in [-0.05, 0) is 17.7 Å². The summed E-state index contributed by atoms with van der Waals surface area (Å²) >= 11 is 0. The van der Waals surface area contributed by atoms with E-state index in [1.54, 1.807) is 36.4 Å². The molecule has 1 amide bonds. The van der Waals surface area contributed by atoms with E-state index in [0.29, 0.717) is 11.3 Å². The highest BCUT2D eigenvalue weighted by atomic mass is 16.6. The zero-order chi connectivity index (χ0) is 15.2. The lowest BCUT2D eigenvalue weighted by molar-refractivity contribution is -0.384. The van der Waals surface area contributed by atoms with E-state index in [4.69, 9.17) is 5.84 Å². The van der Waals surface area contributed by atoms with Gasteiger partial charge in [-0.2, -0.15) is 0 Å². The Morgan fingerprint density at radius 3 is 2.43 bits per heavy atom. The Hall–Kier alpha value is -2.93. The fourth-order valence-corrected chi connectivity index (χ4v) is 1.82. The van der Waals surface area contributed by atoms with Crippen molar-refractivity contribution in [3.8, 4) is 0 Å². The summed E-state index contributed by atoms with van der Waals surface area (Å²) in [7, 11) is 0. The Kier molecular flexibility index (Phi) is 4.47. The van der Waals surface area contributed by atoms with Gasteiger partial charge in [0.15, 0.2) is 0 Å². The van der Waals surface area contributed by atoms with E-state index in [1.807, 2.05) is 0 Å². The van der Waals surface area contributed by atoms with Crippen molar-refractivity contribution in [2.45, 2.75) is 6.54 Å². The summed E-state index contributed by atoms with van der Waals surface area (Å²) in [5.74, 6) is 5.07. The monoisotopic (exact) mass is 286 g/mol. The number of anilines is 1. The third-order valence-corrected chi connectivity index (χ3v) is 2.93. The number of benzene rings is 2. The lowest BCUT2D eigenvalue weighted by Crippen LogP contribution is -2.24. The molecule has 0 aliphatic rings. The number of nitro groups is 1. The van der Waals surface area contributed by atoms with Crippen LogP contribution in [0, 0.1) is 10.1 Å². The summed E-state index contributed by atoms with van der Waals surface area (Å²) in [6.45, 7) is 0.274. The predicted molar refractivity (Wildman–Crippen MR) is 78.5 cm³/mol. The number of nitrogens with zero attached hydrogens (tertiary/aromatic N) is 1. The predicted octanol–water partition coefficient (Wildman–Crippen LogP) is 1.81. The maximum Gasteiger partial charge on any atom is 0.269 e. The maximum atomic E-state index is 12.1. The van der Waals surface area contributed by atoms with Crippen molar-refractivity contribution < 1.29 is 9.72 Å². The molecule has 0 spiro atoms. The molecule has 21 heavy (non-hydrogen) atoms. The number of para-hydroxylation sites is 1. The van der Waals surface area contributed by atoms with E-state index >= 15 is 0 Å². The molecule has 0 radical (unpaired) electrons. The molecule has 0 saturated heterocycles. The van der Waals surface area contributed by atoms with Crippen molar-refractivity contribution in [3.05, 3.63) is 69.8 Å². The first-order valence-corrected chi connectivity index (χ1v) is 6.19. The Labute approximate surface area is 120 Å². The van der Waals surface area contributed by atoms with Gasteiger partial charge in [0.05, 0.1) is 16.2 Å². The number of hydrazine groups is 1. The molecule has 0 heterocycles. The lowest BCUT2D eigenvalue weighted by Gasteiger charge is -2.09. The average molecular weight is 286 g/mol. The molecular formula is C14H14N4O3. The normalized spacial score (nSPS) is 9.95. The van der Waals surface area contributed by atoms with Crippen LogP contribution < -0.4 is 16.6 Å². The number of non-ortho nitro benzene ring substituents is 1. The Morgan fingerprint density at radius 2 is 1.81 bits per heavy atom. The van der Waals surface area contributed by atoms with E-state index in [1.165, 1.54) is 12.1 Å². The second-order valence-corrected chi connectivity index (χ2v) is 4.30. The smallest absolute Gasteiger partial charge is 0.269 e. The fraction of sp³-hybridized carbons (Fsp3) is 0.0714. The number of carbonyl (C=O) groups excluding carboxylic acids is 1. The van der Waals surface area contributed by atoms with Gasteiger partial charge < -0.3 is 10.7 Å². The van der Waals surface area contributed by atoms with Gasteiger partial charge in [-0.3, -0.25) is 20.8 Å². The summed E-state index contributed by atoms with van der Waals surface area (Å²) in [5, 5.41) is 13.3. The summed E-state index contributed by atoms with van der Waals surface area (Å²) < 4.78 is 0. The molecule has 2 aromatic rings. The minimum Gasteiger partial charge on any atom is -0.348 e. The van der Waals surface area contributed by atoms with Crippen LogP contribution in [0.2, 0.25) is 0 Å². The van der Waals surface area contributed by atoms with Gasteiger partial charge in [-0.15, -0.1) is 0 Å². The van der Waals surface area contributed by atoms with E-state index in [0.717, 1.165) is 5.56 Å². The van der Waals surface area contributed by atoms with E-state index in [-0.39, 0.29) is 18.1 Å². The molecule has 2 rings (SSSR count). The minimum atomic E-state index is -0.467. The molecule has 0 fully saturated rings. The SMILES string of the molecule is NNc1ccccc1C(=O)NCc1ccc([N+](=O)[O-])cc1. The highest BCUT2D eigenvalue weighted by Crippen LogP contribution is 2.14. The number of nitro benzene ring substituents is 1. The maximum absolute atomic E-state index is 12.1. The number of hydrogen-bond acceptors (Lipinski definition) is 5. The van der Waals surface area contributed by atoms with Crippen LogP contribution in [0.25, 0.3) is 0 Å². The van der Waals surface area contributed by atoms with Crippen molar-refractivity contribution in [1.82, 2.24) is 5.32 Å². The van der Waals surface area contributed by atoms with Crippen LogP contribution >= 0.6 is 0 Å². The molecule has 0 aliphatic heterocycles. The van der Waals surface area contributed by atoms with Gasteiger partial charge in [0.25, 0.3) is 11.6 Å². The molecular weight excluding hydrogens is 272 g/mol. The second-order valence-electron chi connectivity index (χ2n) is 4.30. The van der Waals surface area contributed by atoms with Crippen LogP contribution in [0.1, 0.15) is 15.9 Å². The summed E-state index contributed by atoms with van der Waals surface area (Å²) in [6, 6.07) is 12.9. The third-order valence-electron chi connectivity index (χ3n) is 2.93. The van der Waals surface area contributed by atoms with Crippen molar-refractivity contribution in [2.75, 3.05) is 5.43 Å². The molecule has 4 N–H and O–H groups in total. The number of carbonyl (C=O) groups is 1. The van der Waals surface area contributed by atoms with Gasteiger partial charge >= 0.3 is 0 Å². The molecule has 0 saturated carbocycles. The Morgan fingerprint density at radius 1 is 1.14 bits per heavy atom. The highest BCUT2D eigenvalue weighted by Gasteiger charge is 2.10. The van der Waals surface area contributed by atoms with E-state index in [2.05, 4.69) is 10.7 Å². The highest BCUT2D eigenvalue weighted by molar-refractivity contribution is 5.99. The number of nitrogens with one attached hydrogen (secondary N) is 2. The molecule has 2 aromatic carbocycles. The molecule has 0 atom stereocenters. The molecule has 0 aliphatic carbocycles. The van der Waals surface area contributed by atoms with Crippen molar-refractivity contribution >= 4 is 17.3 Å². The first-order chi connectivity index (χ1) is 10.1. The zero-order valence-electron chi connectivity index (χ0n) is 11.1. The number of hydrogen-bond donors (Lipinski definition) is 3. The minimum absolute atomic E-state index is 0.0164. The average Bonchev–Trinajstić information content (AvgIpc) is 2.52. The van der Waals surface area contributed by atoms with E-state index < -0.39 is 4.92 Å². The fourth-order valence-electron chi connectivity index (χ4n) is 1.82. The Balaban J connectivity index is 2.02. The quantitative estimate of drug-likeness (QED) is 0.441. The van der Waals surface area contributed by atoms with Crippen LogP contribution in [-0.4, -0.2) is 10.8 Å². The molecule has 0 aromatic heterocycles. The van der Waals surface area contributed by atoms with Gasteiger partial charge in [-0.1, -0.05) is 24.3 Å². The largest absolute Gasteiger partial charge is 0.348 e. The molecule has 7 nitrogen and oxygen atoms in total. The van der Waals surface area contributed by atoms with Gasteiger partial charge in [0.1, 0.15) is 0 Å². The summed E-state index contributed by atoms with van der Waals surface area (Å²) in [5.41, 5.74) is 4.20. The lowest BCUT2D eigenvalue weighted by atomic mass is 10.1. The van der Waals surface area contributed by atoms with Crippen LogP contribution in [0.4, 0.5) is 11.4 Å². The van der Waals surface area contributed by atoms with Crippen LogP contribution in [0.5, 0.6) is 0 Å². The topological polar surface area (TPSA) is 110 Å². The number of amides is 1. The standard InChI is InChI=1S/C14H14N4O3/c15-17-13-4-2-1-3-12(13)14(19)16-9-10-5-7-11(8-6-10)18(20)21/h1-8,17H,9,15H2,(H,16,19). The molecule has 0 bridgehead atoms. The first-order valence-electron chi connectivity index (χ1n) is 6.19. The van der Waals surface area contributed by atoms with E-state index in [9.17, 15) is 14.9 Å². The van der Waals surface area contributed by atoms with Gasteiger partial charge in [0.2, 0.25) is 0 Å². The first kappa shape index (κ1) is 14.5. The Bertz CT molecular complexity index is 656. The van der Waals surface area contributed by atoms with Crippen molar-refractivity contribution in [3.63, 3.8) is 0 Å². The molecule has 108 valence electrons. The number of nitrogens with two attached hydrogens (primary N) is 1. The van der Waals surface area contributed by atoms with Gasteiger partial charge in [-0.25, -0.2) is 0 Å². The third kappa shape index (κ3) is 3.54. The summed E-state index contributed by atoms with van der Waals surface area (Å²) in [6.07, 6.45) is 0. The second kappa shape index (κ2) is 6.49. The van der Waals surface area contributed by atoms with Crippen LogP contribution in [0.3, 0.4) is 0 Å². The zero-order valence-corrected chi connectivity index (χ0v) is 11.1. The van der Waals surface area contributed by atoms with Crippen LogP contribution in [-0.2, 0) is 6.54 Å². The van der Waals surface area contributed by atoms with Crippen molar-refractivity contribution in [2.24, 2.45) is 5.84 Å². The van der Waals surface area contributed by atoms with Crippen molar-refractivity contribution in [1.29, 1.82) is 0 Å². The summed E-state index contributed by atoms with van der Waals surface area (Å²) in [4.78, 5) is 22.1.